The van der Waals surface area contributed by atoms with Gasteiger partial charge >= 0.3 is 0 Å². The Morgan fingerprint density at radius 3 is 2.31 bits per heavy atom. The molecule has 8 rings (SSSR count). The highest BCUT2D eigenvalue weighted by molar-refractivity contribution is 7.89. The lowest BCUT2D eigenvalue weighted by Crippen LogP contribution is -2.59. The third kappa shape index (κ3) is 5.16. The molecule has 1 aromatic carbocycles. The van der Waals surface area contributed by atoms with Crippen molar-refractivity contribution >= 4 is 15.9 Å². The molecule has 0 radical (unpaired) electrons. The van der Waals surface area contributed by atoms with Gasteiger partial charge < -0.3 is 19.0 Å². The van der Waals surface area contributed by atoms with Crippen LogP contribution in [0.25, 0.3) is 0 Å². The number of ether oxygens (including phenoxy) is 1. The quantitative estimate of drug-likeness (QED) is 0.458. The number of rotatable bonds is 8. The Labute approximate surface area is 249 Å². The fourth-order valence-corrected chi connectivity index (χ4v) is 10.2. The third-order valence-corrected chi connectivity index (χ3v) is 12.7. The Morgan fingerprint density at radius 2 is 1.67 bits per heavy atom. The minimum absolute atomic E-state index is 0.00493. The van der Waals surface area contributed by atoms with E-state index in [0.717, 1.165) is 51.4 Å². The molecule has 3 atom stereocenters. The molecule has 5 saturated heterocycles. The first-order chi connectivity index (χ1) is 20.2. The summed E-state index contributed by atoms with van der Waals surface area (Å²) in [5.74, 6) is 2.63. The average molecular weight is 598 g/mol. The standard InChI is InChI=1S/C31H43N5O5S/c1-20-12-26(40-3)13-21(2)30(20)42(38,39)36(25-4-5-25)18-29-32-27(19-41-29)31(37)35-14-23-8-11-34(15-24(23)16-35)28-17-33-9-6-22(28)7-10-33/h12-13,19,22-25,28H,4-11,14-18H2,1-3H3. The molecule has 0 N–H and O–H groups in total. The van der Waals surface area contributed by atoms with Crippen molar-refractivity contribution in [1.82, 2.24) is 24.0 Å². The second-order valence-corrected chi connectivity index (χ2v) is 15.0. The molecule has 5 aliphatic heterocycles. The molecule has 6 fully saturated rings. The summed E-state index contributed by atoms with van der Waals surface area (Å²) < 4.78 is 40.3. The molecule has 1 amide bonds. The van der Waals surface area contributed by atoms with Gasteiger partial charge in [0.1, 0.15) is 12.0 Å². The van der Waals surface area contributed by atoms with Crippen LogP contribution in [0, 0.1) is 31.6 Å². The maximum absolute atomic E-state index is 13.9. The van der Waals surface area contributed by atoms with Gasteiger partial charge in [-0.3, -0.25) is 9.69 Å². The van der Waals surface area contributed by atoms with Gasteiger partial charge in [-0.2, -0.15) is 4.31 Å². The summed E-state index contributed by atoms with van der Waals surface area (Å²) >= 11 is 0. The number of sulfonamides is 1. The second kappa shape index (κ2) is 10.9. The van der Waals surface area contributed by atoms with E-state index in [4.69, 9.17) is 9.15 Å². The van der Waals surface area contributed by atoms with Crippen LogP contribution >= 0.6 is 0 Å². The Balaban J connectivity index is 1.02. The van der Waals surface area contributed by atoms with E-state index >= 15 is 0 Å². The highest BCUT2D eigenvalue weighted by Gasteiger charge is 2.45. The number of carbonyl (C=O) groups is 1. The number of carbonyl (C=O) groups excluding carboxylic acids is 1. The third-order valence-electron chi connectivity index (χ3n) is 10.5. The summed E-state index contributed by atoms with van der Waals surface area (Å²) in [6.07, 6.45) is 6.79. The molecule has 228 valence electrons. The number of methoxy groups -OCH3 is 1. The van der Waals surface area contributed by atoms with Crippen LogP contribution in [0.15, 0.2) is 27.7 Å². The van der Waals surface area contributed by atoms with E-state index in [-0.39, 0.29) is 30.1 Å². The van der Waals surface area contributed by atoms with Gasteiger partial charge in [-0.05, 0) is 107 Å². The van der Waals surface area contributed by atoms with Crippen LogP contribution in [0.4, 0.5) is 0 Å². The van der Waals surface area contributed by atoms with E-state index in [1.54, 1.807) is 33.1 Å². The molecule has 6 heterocycles. The number of fused-ring (bicyclic) bond motifs is 4. The fraction of sp³-hybridized carbons (Fsp3) is 0.677. The van der Waals surface area contributed by atoms with Crippen LogP contribution in [0.5, 0.6) is 5.75 Å². The summed E-state index contributed by atoms with van der Waals surface area (Å²) in [4.78, 5) is 25.6. The monoisotopic (exact) mass is 597 g/mol. The number of aromatic nitrogens is 1. The van der Waals surface area contributed by atoms with E-state index in [1.165, 1.54) is 43.0 Å². The van der Waals surface area contributed by atoms with Crippen LogP contribution in [0.1, 0.15) is 59.6 Å². The van der Waals surface area contributed by atoms with Gasteiger partial charge in [0.2, 0.25) is 15.9 Å². The summed E-state index contributed by atoms with van der Waals surface area (Å²) in [5, 5.41) is 0. The molecule has 1 saturated carbocycles. The minimum Gasteiger partial charge on any atom is -0.497 e. The zero-order valence-electron chi connectivity index (χ0n) is 25.0. The van der Waals surface area contributed by atoms with Gasteiger partial charge in [0.25, 0.3) is 5.91 Å². The number of likely N-dealkylation sites (tertiary alicyclic amines) is 2. The number of hydrogen-bond acceptors (Lipinski definition) is 8. The number of aryl methyl sites for hydroxylation is 2. The predicted octanol–water partition coefficient (Wildman–Crippen LogP) is 3.14. The lowest BCUT2D eigenvalue weighted by Gasteiger charge is -2.51. The number of benzene rings is 1. The number of amides is 1. The van der Waals surface area contributed by atoms with Crippen molar-refractivity contribution in [2.75, 3.05) is 52.9 Å². The summed E-state index contributed by atoms with van der Waals surface area (Å²) in [7, 11) is -2.23. The molecule has 2 bridgehead atoms. The summed E-state index contributed by atoms with van der Waals surface area (Å²) in [6.45, 7) is 11.0. The van der Waals surface area contributed by atoms with Crippen molar-refractivity contribution in [3.05, 3.63) is 41.1 Å². The van der Waals surface area contributed by atoms with Gasteiger partial charge in [-0.25, -0.2) is 13.4 Å². The molecular formula is C31H43N5O5S. The van der Waals surface area contributed by atoms with Crippen LogP contribution < -0.4 is 4.74 Å². The maximum atomic E-state index is 13.9. The van der Waals surface area contributed by atoms with Gasteiger partial charge in [0.15, 0.2) is 5.69 Å². The van der Waals surface area contributed by atoms with Crippen LogP contribution in [0.2, 0.25) is 0 Å². The molecule has 1 aliphatic carbocycles. The van der Waals surface area contributed by atoms with Gasteiger partial charge in [-0.1, -0.05) is 0 Å². The molecule has 1 aromatic heterocycles. The lowest BCUT2D eigenvalue weighted by molar-refractivity contribution is -0.0171. The molecule has 6 aliphatic rings. The average Bonchev–Trinajstić information content (AvgIpc) is 3.55. The van der Waals surface area contributed by atoms with E-state index in [2.05, 4.69) is 14.8 Å². The van der Waals surface area contributed by atoms with E-state index < -0.39 is 10.0 Å². The Bertz CT molecular complexity index is 1420. The Kier molecular flexibility index (Phi) is 7.35. The van der Waals surface area contributed by atoms with Crippen molar-refractivity contribution in [1.29, 1.82) is 0 Å². The van der Waals surface area contributed by atoms with Gasteiger partial charge in [0, 0.05) is 38.3 Å². The lowest BCUT2D eigenvalue weighted by atomic mass is 9.80. The van der Waals surface area contributed by atoms with Crippen LogP contribution in [0.3, 0.4) is 0 Å². The van der Waals surface area contributed by atoms with Crippen LogP contribution in [-0.4, -0.2) is 103 Å². The number of oxazole rings is 1. The number of hydrogen-bond donors (Lipinski definition) is 0. The fourth-order valence-electron chi connectivity index (χ4n) is 8.11. The molecule has 0 spiro atoms. The summed E-state index contributed by atoms with van der Waals surface area (Å²) in [5.41, 5.74) is 1.55. The van der Waals surface area contributed by atoms with Crippen molar-refractivity contribution in [2.45, 2.75) is 69.5 Å². The smallest absolute Gasteiger partial charge is 0.275 e. The highest BCUT2D eigenvalue weighted by Crippen LogP contribution is 2.39. The molecule has 2 aromatic rings. The molecule has 11 heteroatoms. The van der Waals surface area contributed by atoms with E-state index in [0.29, 0.717) is 39.6 Å². The largest absolute Gasteiger partial charge is 0.497 e. The number of piperidine rings is 4. The Hall–Kier alpha value is -2.47. The zero-order valence-corrected chi connectivity index (χ0v) is 25.8. The normalized spacial score (nSPS) is 29.7. The van der Waals surface area contributed by atoms with E-state index in [1.807, 2.05) is 4.90 Å². The molecule has 42 heavy (non-hydrogen) atoms. The predicted molar refractivity (Wildman–Crippen MR) is 157 cm³/mol. The van der Waals surface area contributed by atoms with Crippen molar-refractivity contribution in [3.8, 4) is 5.75 Å². The van der Waals surface area contributed by atoms with Crippen molar-refractivity contribution < 1.29 is 22.4 Å². The maximum Gasteiger partial charge on any atom is 0.275 e. The van der Waals surface area contributed by atoms with Gasteiger partial charge in [0.05, 0.1) is 18.6 Å². The summed E-state index contributed by atoms with van der Waals surface area (Å²) in [6, 6.07) is 4.07. The highest BCUT2D eigenvalue weighted by atomic mass is 32.2. The topological polar surface area (TPSA) is 99.4 Å². The molecular weight excluding hydrogens is 554 g/mol. The minimum atomic E-state index is -3.81. The first-order valence-corrected chi connectivity index (χ1v) is 17.0. The van der Waals surface area contributed by atoms with E-state index in [9.17, 15) is 13.2 Å². The first-order valence-electron chi connectivity index (χ1n) is 15.6. The zero-order chi connectivity index (χ0) is 29.2. The van der Waals surface area contributed by atoms with Crippen molar-refractivity contribution in [3.63, 3.8) is 0 Å². The first kappa shape index (κ1) is 28.3. The second-order valence-electron chi connectivity index (χ2n) is 13.2. The van der Waals surface area contributed by atoms with Crippen LogP contribution in [-0.2, 0) is 16.6 Å². The molecule has 10 nitrogen and oxygen atoms in total. The SMILES string of the molecule is COc1cc(C)c(S(=O)(=O)N(Cc2nc(C(=O)N3CC4CCN(C5CN6CCC5CC6)CC4C3)co2)C2CC2)c(C)c1. The van der Waals surface area contributed by atoms with Gasteiger partial charge in [-0.15, -0.1) is 0 Å². The van der Waals surface area contributed by atoms with Crippen molar-refractivity contribution in [2.24, 2.45) is 17.8 Å². The molecule has 3 unspecified atom stereocenters. The Morgan fingerprint density at radius 1 is 0.976 bits per heavy atom. The number of nitrogens with zero attached hydrogens (tertiary/aromatic N) is 5.